The van der Waals surface area contributed by atoms with Gasteiger partial charge in [0.1, 0.15) is 17.4 Å². The van der Waals surface area contributed by atoms with E-state index in [9.17, 15) is 0 Å². The van der Waals surface area contributed by atoms with Crippen LogP contribution in [0, 0.1) is 6.92 Å². The second-order valence-corrected chi connectivity index (χ2v) is 6.25. The van der Waals surface area contributed by atoms with Gasteiger partial charge in [0, 0.05) is 19.4 Å². The minimum Gasteiger partial charge on any atom is -0.496 e. The molecule has 2 aromatic heterocycles. The smallest absolute Gasteiger partial charge is 0.227 e. The van der Waals surface area contributed by atoms with Crippen molar-refractivity contribution in [3.63, 3.8) is 0 Å². The lowest BCUT2D eigenvalue weighted by Crippen LogP contribution is -2.14. The van der Waals surface area contributed by atoms with Crippen LogP contribution in [0.2, 0.25) is 0 Å². The maximum Gasteiger partial charge on any atom is 0.227 e. The van der Waals surface area contributed by atoms with Gasteiger partial charge in [-0.1, -0.05) is 17.3 Å². The maximum atomic E-state index is 5.47. The monoisotopic (exact) mass is 355 g/mol. The zero-order valence-corrected chi connectivity index (χ0v) is 14.9. The molecule has 0 N–H and O–H groups in total. The zero-order chi connectivity index (χ0) is 17.9. The molecule has 136 valence electrons. The summed E-state index contributed by atoms with van der Waals surface area (Å²) in [6.45, 7) is 3.37. The van der Waals surface area contributed by atoms with Gasteiger partial charge in [-0.05, 0) is 25.5 Å². The number of hydrogen-bond acceptors (Lipinski definition) is 7. The summed E-state index contributed by atoms with van der Waals surface area (Å²) in [6, 6.07) is 7.88. The highest BCUT2D eigenvalue weighted by molar-refractivity contribution is 5.63. The average molecular weight is 355 g/mol. The normalized spacial score (nSPS) is 16.9. The average Bonchev–Trinajstić information content (AvgIpc) is 3.40. The van der Waals surface area contributed by atoms with Crippen LogP contribution in [0.25, 0.3) is 11.4 Å². The molecule has 1 aliphatic rings. The zero-order valence-electron chi connectivity index (χ0n) is 14.9. The highest BCUT2D eigenvalue weighted by atomic mass is 16.5. The van der Waals surface area contributed by atoms with Gasteiger partial charge in [0.05, 0.1) is 25.3 Å². The van der Waals surface area contributed by atoms with E-state index < -0.39 is 0 Å². The first-order valence-corrected chi connectivity index (χ1v) is 8.70. The molecule has 3 aromatic rings. The van der Waals surface area contributed by atoms with Crippen molar-refractivity contribution in [1.29, 1.82) is 0 Å². The molecule has 1 aliphatic heterocycles. The molecule has 3 heterocycles. The fraction of sp³-hybridized carbons (Fsp3) is 0.444. The number of benzene rings is 1. The van der Waals surface area contributed by atoms with E-state index in [0.29, 0.717) is 31.2 Å². The Bertz CT molecular complexity index is 883. The van der Waals surface area contributed by atoms with Gasteiger partial charge in [0.2, 0.25) is 11.7 Å². The molecule has 0 spiro atoms. The summed E-state index contributed by atoms with van der Waals surface area (Å²) in [7, 11) is 1.63. The Hall–Kier alpha value is -2.74. The van der Waals surface area contributed by atoms with E-state index in [1.54, 1.807) is 7.11 Å². The van der Waals surface area contributed by atoms with Crippen LogP contribution in [0.3, 0.4) is 0 Å². The third-order valence-corrected chi connectivity index (χ3v) is 4.44. The summed E-state index contributed by atoms with van der Waals surface area (Å²) in [5, 5.41) is 8.61. The summed E-state index contributed by atoms with van der Waals surface area (Å²) in [5.41, 5.74) is 0.812. The molecule has 0 bridgehead atoms. The molecule has 1 unspecified atom stereocenters. The predicted octanol–water partition coefficient (Wildman–Crippen LogP) is 2.39. The fourth-order valence-corrected chi connectivity index (χ4v) is 3.17. The van der Waals surface area contributed by atoms with E-state index in [2.05, 4.69) is 20.2 Å². The van der Waals surface area contributed by atoms with Crippen LogP contribution in [0.15, 0.2) is 28.8 Å². The summed E-state index contributed by atoms with van der Waals surface area (Å²) in [4.78, 5) is 9.05. The lowest BCUT2D eigenvalue weighted by Gasteiger charge is -2.10. The van der Waals surface area contributed by atoms with Crippen molar-refractivity contribution in [2.45, 2.75) is 32.2 Å². The van der Waals surface area contributed by atoms with E-state index in [-0.39, 0.29) is 6.04 Å². The summed E-state index contributed by atoms with van der Waals surface area (Å²) in [5.74, 6) is 3.51. The lowest BCUT2D eigenvalue weighted by atomic mass is 10.2. The van der Waals surface area contributed by atoms with Crippen molar-refractivity contribution < 1.29 is 14.0 Å². The molecule has 1 aromatic carbocycles. The number of methoxy groups -OCH3 is 1. The molecule has 8 nitrogen and oxygen atoms in total. The van der Waals surface area contributed by atoms with Crippen molar-refractivity contribution in [1.82, 2.24) is 24.9 Å². The lowest BCUT2D eigenvalue weighted by molar-refractivity contribution is 0.183. The van der Waals surface area contributed by atoms with Crippen molar-refractivity contribution in [3.05, 3.63) is 41.8 Å². The van der Waals surface area contributed by atoms with Gasteiger partial charge in [-0.25, -0.2) is 9.67 Å². The van der Waals surface area contributed by atoms with Crippen molar-refractivity contribution in [2.75, 3.05) is 20.3 Å². The maximum absolute atomic E-state index is 5.47. The summed E-state index contributed by atoms with van der Waals surface area (Å²) < 4.78 is 18.2. The van der Waals surface area contributed by atoms with E-state index in [0.717, 1.165) is 36.0 Å². The minimum atomic E-state index is 0.262. The molecule has 0 saturated carbocycles. The number of rotatable bonds is 6. The summed E-state index contributed by atoms with van der Waals surface area (Å²) >= 11 is 0. The van der Waals surface area contributed by atoms with Gasteiger partial charge in [-0.2, -0.15) is 10.1 Å². The highest BCUT2D eigenvalue weighted by Crippen LogP contribution is 2.27. The van der Waals surface area contributed by atoms with Crippen LogP contribution < -0.4 is 4.74 Å². The molecule has 8 heteroatoms. The van der Waals surface area contributed by atoms with E-state index in [1.807, 2.05) is 35.9 Å². The summed E-state index contributed by atoms with van der Waals surface area (Å²) in [6.07, 6.45) is 2.26. The van der Waals surface area contributed by atoms with Crippen molar-refractivity contribution in [2.24, 2.45) is 0 Å². The van der Waals surface area contributed by atoms with Gasteiger partial charge < -0.3 is 14.0 Å². The molecule has 1 atom stereocenters. The predicted molar refractivity (Wildman–Crippen MR) is 92.9 cm³/mol. The van der Waals surface area contributed by atoms with Crippen LogP contribution in [0.5, 0.6) is 5.75 Å². The molecule has 0 amide bonds. The quantitative estimate of drug-likeness (QED) is 0.671. The Kier molecular flexibility index (Phi) is 4.66. The number of para-hydroxylation sites is 1. The third-order valence-electron chi connectivity index (χ3n) is 4.44. The fourth-order valence-electron chi connectivity index (χ4n) is 3.17. The van der Waals surface area contributed by atoms with Gasteiger partial charge in [-0.15, -0.1) is 0 Å². The first-order valence-electron chi connectivity index (χ1n) is 8.70. The van der Waals surface area contributed by atoms with Gasteiger partial charge in [0.15, 0.2) is 0 Å². The standard InChI is InChI=1S/C18H21N5O3/c1-12-19-16(23(21-12)13-9-10-25-11-13)7-8-17-20-18(22-26-17)14-5-3-4-6-15(14)24-2/h3-6,13H,7-11H2,1-2H3. The van der Waals surface area contributed by atoms with Crippen LogP contribution in [0.4, 0.5) is 0 Å². The van der Waals surface area contributed by atoms with Gasteiger partial charge in [0.25, 0.3) is 0 Å². The molecule has 0 aliphatic carbocycles. The number of ether oxygens (including phenoxy) is 2. The first kappa shape index (κ1) is 16.7. The van der Waals surface area contributed by atoms with E-state index in [1.165, 1.54) is 0 Å². The van der Waals surface area contributed by atoms with E-state index >= 15 is 0 Å². The Labute approximate surface area is 151 Å². The van der Waals surface area contributed by atoms with Crippen molar-refractivity contribution >= 4 is 0 Å². The van der Waals surface area contributed by atoms with E-state index in [4.69, 9.17) is 14.0 Å². The van der Waals surface area contributed by atoms with Crippen molar-refractivity contribution in [3.8, 4) is 17.1 Å². The minimum absolute atomic E-state index is 0.262. The number of aromatic nitrogens is 5. The Morgan fingerprint density at radius 1 is 1.23 bits per heavy atom. The number of aryl methyl sites for hydroxylation is 3. The van der Waals surface area contributed by atoms with Crippen LogP contribution in [-0.2, 0) is 17.6 Å². The number of nitrogens with zero attached hydrogens (tertiary/aromatic N) is 5. The highest BCUT2D eigenvalue weighted by Gasteiger charge is 2.22. The van der Waals surface area contributed by atoms with Crippen LogP contribution >= 0.6 is 0 Å². The number of hydrogen-bond donors (Lipinski definition) is 0. The van der Waals surface area contributed by atoms with Crippen LogP contribution in [0.1, 0.15) is 30.0 Å². The molecule has 1 fully saturated rings. The molecule has 1 saturated heterocycles. The molecule has 0 radical (unpaired) electrons. The largest absolute Gasteiger partial charge is 0.496 e. The van der Waals surface area contributed by atoms with Gasteiger partial charge >= 0.3 is 0 Å². The molecule has 4 rings (SSSR count). The Balaban J connectivity index is 1.49. The third kappa shape index (κ3) is 3.32. The SMILES string of the molecule is COc1ccccc1-c1noc(CCc2nc(C)nn2C2CCOC2)n1. The van der Waals surface area contributed by atoms with Crippen LogP contribution in [-0.4, -0.2) is 45.2 Å². The second-order valence-electron chi connectivity index (χ2n) is 6.25. The topological polar surface area (TPSA) is 88.1 Å². The Morgan fingerprint density at radius 3 is 2.92 bits per heavy atom. The molecule has 26 heavy (non-hydrogen) atoms. The molecular weight excluding hydrogens is 334 g/mol. The second kappa shape index (κ2) is 7.25. The van der Waals surface area contributed by atoms with Gasteiger partial charge in [-0.3, -0.25) is 0 Å². The Morgan fingerprint density at radius 2 is 2.12 bits per heavy atom. The molecular formula is C18H21N5O3. The first-order chi connectivity index (χ1) is 12.7.